The molecule has 1 aromatic heterocycles. The summed E-state index contributed by atoms with van der Waals surface area (Å²) in [5, 5.41) is 2.12. The summed E-state index contributed by atoms with van der Waals surface area (Å²) >= 11 is 0. The van der Waals surface area contributed by atoms with Gasteiger partial charge in [-0.3, -0.25) is 0 Å². The molecule has 1 fully saturated rings. The Balaban J connectivity index is 2.13. The van der Waals surface area contributed by atoms with Crippen LogP contribution in [0.4, 0.5) is 0 Å². The van der Waals surface area contributed by atoms with Gasteiger partial charge in [0.15, 0.2) is 0 Å². The first-order valence-corrected chi connectivity index (χ1v) is 6.33. The standard InChI is InChI=1S/C13H17N3O2/c1-18-10-5-6-11-12(9-10)16(13(17)14-11)15-7-3-2-4-8-15/h5-6,9H,2-4,7-8H2,1H3,(H,14,17). The van der Waals surface area contributed by atoms with Crippen molar-refractivity contribution in [3.8, 4) is 5.75 Å². The Morgan fingerprint density at radius 1 is 1.22 bits per heavy atom. The lowest BCUT2D eigenvalue weighted by Gasteiger charge is -2.29. The number of piperidine rings is 1. The van der Waals surface area contributed by atoms with E-state index in [1.54, 1.807) is 11.8 Å². The largest absolute Gasteiger partial charge is 0.497 e. The van der Waals surface area contributed by atoms with E-state index < -0.39 is 0 Å². The van der Waals surface area contributed by atoms with Crippen molar-refractivity contribution in [1.82, 2.24) is 9.66 Å². The highest BCUT2D eigenvalue weighted by molar-refractivity contribution is 5.77. The van der Waals surface area contributed by atoms with E-state index in [-0.39, 0.29) is 5.69 Å². The van der Waals surface area contributed by atoms with Gasteiger partial charge in [-0.2, -0.15) is 0 Å². The van der Waals surface area contributed by atoms with Crippen LogP contribution in [0.3, 0.4) is 0 Å². The van der Waals surface area contributed by atoms with Gasteiger partial charge in [0.05, 0.1) is 18.1 Å². The molecule has 0 saturated carbocycles. The normalized spacial score (nSPS) is 16.2. The number of aromatic nitrogens is 2. The number of hydrogen-bond acceptors (Lipinski definition) is 3. The first-order chi connectivity index (χ1) is 8.79. The third-order valence-electron chi connectivity index (χ3n) is 3.48. The number of nitrogens with zero attached hydrogens (tertiary/aromatic N) is 2. The number of fused-ring (bicyclic) bond motifs is 1. The van der Waals surface area contributed by atoms with Crippen molar-refractivity contribution in [3.05, 3.63) is 28.7 Å². The van der Waals surface area contributed by atoms with Crippen LogP contribution in [-0.4, -0.2) is 29.9 Å². The molecule has 1 aliphatic heterocycles. The van der Waals surface area contributed by atoms with Crippen molar-refractivity contribution in [2.75, 3.05) is 25.2 Å². The predicted octanol–water partition coefficient (Wildman–Crippen LogP) is 1.46. The van der Waals surface area contributed by atoms with Crippen molar-refractivity contribution >= 4 is 11.0 Å². The van der Waals surface area contributed by atoms with Crippen LogP contribution < -0.4 is 15.4 Å². The topological polar surface area (TPSA) is 50.3 Å². The van der Waals surface area contributed by atoms with Crippen LogP contribution in [0.25, 0.3) is 11.0 Å². The van der Waals surface area contributed by atoms with E-state index in [4.69, 9.17) is 4.74 Å². The summed E-state index contributed by atoms with van der Waals surface area (Å²) < 4.78 is 6.97. The number of rotatable bonds is 2. The van der Waals surface area contributed by atoms with Crippen LogP contribution in [0, 0.1) is 0 Å². The van der Waals surface area contributed by atoms with Crippen LogP contribution >= 0.6 is 0 Å². The summed E-state index contributed by atoms with van der Waals surface area (Å²) in [6, 6.07) is 5.65. The molecule has 5 heteroatoms. The van der Waals surface area contributed by atoms with E-state index in [1.807, 2.05) is 18.2 Å². The van der Waals surface area contributed by atoms with Gasteiger partial charge in [0.2, 0.25) is 0 Å². The summed E-state index contributed by atoms with van der Waals surface area (Å²) in [7, 11) is 1.64. The lowest BCUT2D eigenvalue weighted by molar-refractivity contribution is 0.415. The lowest BCUT2D eigenvalue weighted by Crippen LogP contribution is -2.44. The van der Waals surface area contributed by atoms with Crippen LogP contribution in [0.1, 0.15) is 19.3 Å². The van der Waals surface area contributed by atoms with Crippen LogP contribution in [0.5, 0.6) is 5.75 Å². The second-order valence-corrected chi connectivity index (χ2v) is 4.64. The van der Waals surface area contributed by atoms with Crippen LogP contribution in [-0.2, 0) is 0 Å². The molecule has 96 valence electrons. The fourth-order valence-corrected chi connectivity index (χ4v) is 2.55. The maximum atomic E-state index is 12.1. The Bertz CT molecular complexity index is 608. The van der Waals surface area contributed by atoms with Crippen molar-refractivity contribution in [1.29, 1.82) is 0 Å². The van der Waals surface area contributed by atoms with Crippen molar-refractivity contribution in [3.63, 3.8) is 0 Å². The summed E-state index contributed by atoms with van der Waals surface area (Å²) in [6.07, 6.45) is 3.53. The van der Waals surface area contributed by atoms with Gasteiger partial charge in [-0.15, -0.1) is 0 Å². The zero-order valence-electron chi connectivity index (χ0n) is 10.5. The summed E-state index contributed by atoms with van der Waals surface area (Å²) in [4.78, 5) is 14.9. The number of imidazole rings is 1. The van der Waals surface area contributed by atoms with E-state index in [1.165, 1.54) is 6.42 Å². The van der Waals surface area contributed by atoms with Crippen LogP contribution in [0.15, 0.2) is 23.0 Å². The number of ether oxygens (including phenoxy) is 1. The molecule has 0 atom stereocenters. The Morgan fingerprint density at radius 3 is 2.72 bits per heavy atom. The van der Waals surface area contributed by atoms with Gasteiger partial charge in [-0.25, -0.2) is 9.47 Å². The van der Waals surface area contributed by atoms with Gasteiger partial charge in [0.25, 0.3) is 0 Å². The quantitative estimate of drug-likeness (QED) is 0.874. The zero-order chi connectivity index (χ0) is 12.5. The first-order valence-electron chi connectivity index (χ1n) is 6.33. The number of hydrogen-bond donors (Lipinski definition) is 1. The number of nitrogens with one attached hydrogen (secondary N) is 1. The maximum absolute atomic E-state index is 12.1. The molecular formula is C13H17N3O2. The van der Waals surface area contributed by atoms with Crippen molar-refractivity contribution < 1.29 is 4.74 Å². The van der Waals surface area contributed by atoms with Crippen molar-refractivity contribution in [2.24, 2.45) is 0 Å². The molecule has 0 radical (unpaired) electrons. The Hall–Kier alpha value is -1.91. The molecule has 1 saturated heterocycles. The zero-order valence-corrected chi connectivity index (χ0v) is 10.5. The highest BCUT2D eigenvalue weighted by atomic mass is 16.5. The molecular weight excluding hydrogens is 230 g/mol. The Labute approximate surface area is 105 Å². The van der Waals surface area contributed by atoms with Gasteiger partial charge in [0, 0.05) is 19.2 Å². The molecule has 1 aliphatic rings. The maximum Gasteiger partial charge on any atom is 0.345 e. The molecule has 0 bridgehead atoms. The minimum Gasteiger partial charge on any atom is -0.497 e. The average Bonchev–Trinajstić information content (AvgIpc) is 2.74. The minimum atomic E-state index is -0.0693. The third kappa shape index (κ3) is 1.75. The number of H-pyrrole nitrogens is 1. The molecule has 18 heavy (non-hydrogen) atoms. The molecule has 5 nitrogen and oxygen atoms in total. The van der Waals surface area contributed by atoms with Gasteiger partial charge >= 0.3 is 5.69 Å². The molecule has 0 spiro atoms. The van der Waals surface area contributed by atoms with Gasteiger partial charge in [0.1, 0.15) is 5.75 Å². The molecule has 1 aromatic carbocycles. The SMILES string of the molecule is COc1ccc2[nH]c(=O)n(N3CCCCC3)c2c1. The second-order valence-electron chi connectivity index (χ2n) is 4.64. The van der Waals surface area contributed by atoms with E-state index in [0.717, 1.165) is 42.7 Å². The highest BCUT2D eigenvalue weighted by Gasteiger charge is 2.16. The predicted molar refractivity (Wildman–Crippen MR) is 70.9 cm³/mol. The minimum absolute atomic E-state index is 0.0693. The molecule has 3 rings (SSSR count). The molecule has 0 unspecified atom stereocenters. The average molecular weight is 247 g/mol. The summed E-state index contributed by atoms with van der Waals surface area (Å²) in [5.41, 5.74) is 1.67. The van der Waals surface area contributed by atoms with E-state index in [9.17, 15) is 4.79 Å². The smallest absolute Gasteiger partial charge is 0.345 e. The van der Waals surface area contributed by atoms with E-state index in [2.05, 4.69) is 9.99 Å². The molecule has 2 aromatic rings. The molecule has 0 aliphatic carbocycles. The van der Waals surface area contributed by atoms with Gasteiger partial charge < -0.3 is 14.7 Å². The van der Waals surface area contributed by atoms with E-state index in [0.29, 0.717) is 0 Å². The molecule has 0 amide bonds. The van der Waals surface area contributed by atoms with E-state index >= 15 is 0 Å². The molecule has 1 N–H and O–H groups in total. The monoisotopic (exact) mass is 247 g/mol. The number of methoxy groups -OCH3 is 1. The van der Waals surface area contributed by atoms with Gasteiger partial charge in [-0.05, 0) is 31.4 Å². The number of aromatic amines is 1. The third-order valence-corrected chi connectivity index (χ3v) is 3.48. The highest BCUT2D eigenvalue weighted by Crippen LogP contribution is 2.19. The van der Waals surface area contributed by atoms with Gasteiger partial charge in [-0.1, -0.05) is 0 Å². The summed E-state index contributed by atoms with van der Waals surface area (Å²) in [5.74, 6) is 0.771. The van der Waals surface area contributed by atoms with Crippen LogP contribution in [0.2, 0.25) is 0 Å². The first kappa shape index (κ1) is 11.2. The second kappa shape index (κ2) is 4.40. The lowest BCUT2D eigenvalue weighted by atomic mass is 10.2. The fourth-order valence-electron chi connectivity index (χ4n) is 2.55. The summed E-state index contributed by atoms with van der Waals surface area (Å²) in [6.45, 7) is 1.87. The van der Waals surface area contributed by atoms with Crippen molar-refractivity contribution in [2.45, 2.75) is 19.3 Å². The number of benzene rings is 1. The fraction of sp³-hybridized carbons (Fsp3) is 0.462. The Kier molecular flexibility index (Phi) is 2.74. The Morgan fingerprint density at radius 2 is 2.00 bits per heavy atom. The molecule has 2 heterocycles.